The molecule has 154 valence electrons. The van der Waals surface area contributed by atoms with Gasteiger partial charge < -0.3 is 4.74 Å². The SMILES string of the molecule is CC(Oc1cccc(Br)c1)C(=O)NNC(=O)c1ccc2c(c1)CCN2S(C)(=O)=O. The van der Waals surface area contributed by atoms with Crippen molar-refractivity contribution in [3.8, 4) is 5.75 Å². The largest absolute Gasteiger partial charge is 0.481 e. The number of carbonyl (C=O) groups is 2. The van der Waals surface area contributed by atoms with Crippen molar-refractivity contribution in [1.82, 2.24) is 10.9 Å². The van der Waals surface area contributed by atoms with Crippen molar-refractivity contribution in [2.24, 2.45) is 0 Å². The van der Waals surface area contributed by atoms with Gasteiger partial charge in [0.05, 0.1) is 11.9 Å². The lowest BCUT2D eigenvalue weighted by Crippen LogP contribution is -2.47. The van der Waals surface area contributed by atoms with Crippen molar-refractivity contribution in [3.05, 3.63) is 58.1 Å². The number of rotatable bonds is 5. The molecular formula is C19H20BrN3O5S. The maximum absolute atomic E-state index is 12.3. The molecule has 2 aromatic rings. The lowest BCUT2D eigenvalue weighted by molar-refractivity contribution is -0.128. The van der Waals surface area contributed by atoms with Crippen LogP contribution in [0.15, 0.2) is 46.9 Å². The van der Waals surface area contributed by atoms with E-state index in [1.807, 2.05) is 6.07 Å². The summed E-state index contributed by atoms with van der Waals surface area (Å²) in [5.41, 5.74) is 6.34. The molecular weight excluding hydrogens is 462 g/mol. The summed E-state index contributed by atoms with van der Waals surface area (Å²) >= 11 is 3.33. The summed E-state index contributed by atoms with van der Waals surface area (Å²) < 4.78 is 31.3. The molecule has 2 aromatic carbocycles. The van der Waals surface area contributed by atoms with Crippen molar-refractivity contribution in [2.75, 3.05) is 17.1 Å². The highest BCUT2D eigenvalue weighted by molar-refractivity contribution is 9.10. The first-order valence-electron chi connectivity index (χ1n) is 8.78. The zero-order valence-electron chi connectivity index (χ0n) is 15.8. The monoisotopic (exact) mass is 481 g/mol. The van der Waals surface area contributed by atoms with E-state index in [2.05, 4.69) is 26.8 Å². The maximum Gasteiger partial charge on any atom is 0.279 e. The number of benzene rings is 2. The second-order valence-corrected chi connectivity index (χ2v) is 9.41. The zero-order valence-corrected chi connectivity index (χ0v) is 18.2. The molecule has 0 aliphatic carbocycles. The van der Waals surface area contributed by atoms with Crippen molar-refractivity contribution < 1.29 is 22.7 Å². The Hall–Kier alpha value is -2.59. The normalized spacial score (nSPS) is 14.1. The van der Waals surface area contributed by atoms with E-state index >= 15 is 0 Å². The van der Waals surface area contributed by atoms with Crippen molar-refractivity contribution in [1.29, 1.82) is 0 Å². The molecule has 8 nitrogen and oxygen atoms in total. The van der Waals surface area contributed by atoms with Gasteiger partial charge in [0.1, 0.15) is 5.75 Å². The molecule has 1 aliphatic heterocycles. The van der Waals surface area contributed by atoms with Gasteiger partial charge in [-0.3, -0.25) is 24.7 Å². The number of carbonyl (C=O) groups excluding carboxylic acids is 2. The molecule has 0 fully saturated rings. The Balaban J connectivity index is 1.59. The fraction of sp³-hybridized carbons (Fsp3) is 0.263. The molecule has 10 heteroatoms. The first-order valence-corrected chi connectivity index (χ1v) is 11.4. The molecule has 0 saturated carbocycles. The van der Waals surface area contributed by atoms with E-state index in [9.17, 15) is 18.0 Å². The van der Waals surface area contributed by atoms with E-state index < -0.39 is 27.9 Å². The van der Waals surface area contributed by atoms with Crippen LogP contribution in [-0.2, 0) is 21.2 Å². The molecule has 2 amide bonds. The minimum atomic E-state index is -3.35. The predicted molar refractivity (Wildman–Crippen MR) is 112 cm³/mol. The number of nitrogens with one attached hydrogen (secondary N) is 2. The molecule has 0 spiro atoms. The van der Waals surface area contributed by atoms with Gasteiger partial charge in [0.15, 0.2) is 6.10 Å². The van der Waals surface area contributed by atoms with Gasteiger partial charge in [-0.2, -0.15) is 0 Å². The first-order chi connectivity index (χ1) is 13.6. The van der Waals surface area contributed by atoms with Crippen LogP contribution in [0.25, 0.3) is 0 Å². The minimum Gasteiger partial charge on any atom is -0.481 e. The Bertz CT molecular complexity index is 1060. The molecule has 0 aromatic heterocycles. The van der Waals surface area contributed by atoms with Crippen LogP contribution in [0.5, 0.6) is 5.75 Å². The van der Waals surface area contributed by atoms with E-state index in [-0.39, 0.29) is 0 Å². The van der Waals surface area contributed by atoms with E-state index in [4.69, 9.17) is 4.74 Å². The molecule has 1 heterocycles. The number of amides is 2. The second-order valence-electron chi connectivity index (χ2n) is 6.59. The Morgan fingerprint density at radius 2 is 1.93 bits per heavy atom. The van der Waals surface area contributed by atoms with Crippen LogP contribution >= 0.6 is 15.9 Å². The number of ether oxygens (including phenoxy) is 1. The highest BCUT2D eigenvalue weighted by Crippen LogP contribution is 2.30. The molecule has 29 heavy (non-hydrogen) atoms. The number of fused-ring (bicyclic) bond motifs is 1. The summed E-state index contributed by atoms with van der Waals surface area (Å²) in [6, 6.07) is 11.8. The first kappa shape index (κ1) is 21.1. The Morgan fingerprint density at radius 1 is 1.17 bits per heavy atom. The fourth-order valence-corrected chi connectivity index (χ4v) is 4.28. The summed E-state index contributed by atoms with van der Waals surface area (Å²) in [4.78, 5) is 24.5. The Kier molecular flexibility index (Phi) is 6.13. The number of hydrogen-bond donors (Lipinski definition) is 2. The van der Waals surface area contributed by atoms with Gasteiger partial charge in [0.2, 0.25) is 10.0 Å². The third-order valence-electron chi connectivity index (χ3n) is 4.37. The number of anilines is 1. The molecule has 0 bridgehead atoms. The van der Waals surface area contributed by atoms with Gasteiger partial charge in [0, 0.05) is 16.6 Å². The van der Waals surface area contributed by atoms with E-state index in [1.54, 1.807) is 37.3 Å². The van der Waals surface area contributed by atoms with Crippen LogP contribution in [0.1, 0.15) is 22.8 Å². The lowest BCUT2D eigenvalue weighted by atomic mass is 10.1. The number of sulfonamides is 1. The average molecular weight is 482 g/mol. The summed E-state index contributed by atoms with van der Waals surface area (Å²) in [5.74, 6) is -0.501. The lowest BCUT2D eigenvalue weighted by Gasteiger charge is -2.17. The van der Waals surface area contributed by atoms with Gasteiger partial charge in [-0.1, -0.05) is 22.0 Å². The number of hydrogen-bond acceptors (Lipinski definition) is 5. The molecule has 1 atom stereocenters. The average Bonchev–Trinajstić information content (AvgIpc) is 3.09. The Morgan fingerprint density at radius 3 is 2.62 bits per heavy atom. The van der Waals surface area contributed by atoms with Crippen LogP contribution in [0, 0.1) is 0 Å². The van der Waals surface area contributed by atoms with Gasteiger partial charge in [0.25, 0.3) is 11.8 Å². The number of nitrogens with zero attached hydrogens (tertiary/aromatic N) is 1. The predicted octanol–water partition coefficient (Wildman–Crippen LogP) is 2.00. The van der Waals surface area contributed by atoms with E-state index in [1.165, 1.54) is 10.4 Å². The van der Waals surface area contributed by atoms with Crippen LogP contribution in [0.3, 0.4) is 0 Å². The van der Waals surface area contributed by atoms with E-state index in [0.717, 1.165) is 16.3 Å². The maximum atomic E-state index is 12.3. The standard InChI is InChI=1S/C19H20BrN3O5S/c1-12(28-16-5-3-4-15(20)11-16)18(24)21-22-19(25)14-6-7-17-13(10-14)8-9-23(17)29(2,26)27/h3-7,10-12H,8-9H2,1-2H3,(H,21,24)(H,22,25). The third-order valence-corrected chi connectivity index (χ3v) is 6.05. The quantitative estimate of drug-likeness (QED) is 0.635. The van der Waals surface area contributed by atoms with Gasteiger partial charge >= 0.3 is 0 Å². The molecule has 3 rings (SSSR count). The molecule has 0 radical (unpaired) electrons. The van der Waals surface area contributed by atoms with Gasteiger partial charge in [-0.15, -0.1) is 0 Å². The zero-order chi connectivity index (χ0) is 21.2. The molecule has 2 N–H and O–H groups in total. The van der Waals surface area contributed by atoms with Gasteiger partial charge in [-0.25, -0.2) is 8.42 Å². The van der Waals surface area contributed by atoms with Gasteiger partial charge in [-0.05, 0) is 55.3 Å². The van der Waals surface area contributed by atoms with Crippen LogP contribution in [0.2, 0.25) is 0 Å². The second kappa shape index (κ2) is 8.42. The minimum absolute atomic E-state index is 0.319. The summed E-state index contributed by atoms with van der Waals surface area (Å²) in [5, 5.41) is 0. The molecule has 1 aliphatic rings. The van der Waals surface area contributed by atoms with Crippen LogP contribution in [-0.4, -0.2) is 39.1 Å². The fourth-order valence-electron chi connectivity index (χ4n) is 2.95. The number of halogens is 1. The highest BCUT2D eigenvalue weighted by Gasteiger charge is 2.27. The molecule has 1 unspecified atom stereocenters. The van der Waals surface area contributed by atoms with Crippen LogP contribution in [0.4, 0.5) is 5.69 Å². The summed E-state index contributed by atoms with van der Waals surface area (Å²) in [7, 11) is -3.35. The molecule has 0 saturated heterocycles. The Labute approximate surface area is 177 Å². The van der Waals surface area contributed by atoms with Crippen molar-refractivity contribution >= 4 is 43.5 Å². The van der Waals surface area contributed by atoms with Crippen molar-refractivity contribution in [2.45, 2.75) is 19.4 Å². The topological polar surface area (TPSA) is 105 Å². The number of hydrazine groups is 1. The van der Waals surface area contributed by atoms with Crippen molar-refractivity contribution in [3.63, 3.8) is 0 Å². The summed E-state index contributed by atoms with van der Waals surface area (Å²) in [6.45, 7) is 1.91. The van der Waals surface area contributed by atoms with E-state index in [0.29, 0.717) is 30.0 Å². The third kappa shape index (κ3) is 5.07. The smallest absolute Gasteiger partial charge is 0.279 e. The summed E-state index contributed by atoms with van der Waals surface area (Å²) in [6.07, 6.45) is 0.844. The highest BCUT2D eigenvalue weighted by atomic mass is 79.9. The van der Waals surface area contributed by atoms with Crippen LogP contribution < -0.4 is 19.9 Å².